The Morgan fingerprint density at radius 3 is 2.90 bits per heavy atom. The van der Waals surface area contributed by atoms with Crippen LogP contribution in [0.5, 0.6) is 0 Å². The minimum Gasteiger partial charge on any atom is -0.356 e. The quantitative estimate of drug-likeness (QED) is 0.543. The third-order valence-corrected chi connectivity index (χ3v) is 7.85. The van der Waals surface area contributed by atoms with Gasteiger partial charge in [0.1, 0.15) is 17.8 Å². The van der Waals surface area contributed by atoms with Gasteiger partial charge in [0.15, 0.2) is 9.84 Å². The van der Waals surface area contributed by atoms with Crippen LogP contribution in [0, 0.1) is 5.92 Å². The van der Waals surface area contributed by atoms with Crippen LogP contribution in [0.2, 0.25) is 0 Å². The van der Waals surface area contributed by atoms with Crippen LogP contribution in [0.15, 0.2) is 47.9 Å². The Morgan fingerprint density at radius 1 is 1.24 bits per heavy atom. The monoisotopic (exact) mass is 410 g/mol. The molecule has 0 unspecified atom stereocenters. The summed E-state index contributed by atoms with van der Waals surface area (Å²) in [6, 6.07) is 7.60. The molecule has 150 valence electrons. The summed E-state index contributed by atoms with van der Waals surface area (Å²) in [5.41, 5.74) is 1.49. The Hall–Kier alpha value is -2.94. The van der Waals surface area contributed by atoms with Crippen molar-refractivity contribution < 1.29 is 8.42 Å². The summed E-state index contributed by atoms with van der Waals surface area (Å²) in [5, 5.41) is 6.03. The lowest BCUT2D eigenvalue weighted by Gasteiger charge is -2.41. The van der Waals surface area contributed by atoms with Crippen LogP contribution in [0.4, 0.5) is 5.82 Å². The van der Waals surface area contributed by atoms with Crippen LogP contribution < -0.4 is 4.90 Å². The minimum absolute atomic E-state index is 0.138. The highest BCUT2D eigenvalue weighted by Gasteiger charge is 2.37. The summed E-state index contributed by atoms with van der Waals surface area (Å²) in [6.45, 7) is 0. The van der Waals surface area contributed by atoms with Crippen LogP contribution in [0.25, 0.3) is 21.9 Å². The minimum atomic E-state index is -3.39. The zero-order valence-corrected chi connectivity index (χ0v) is 17.1. The molecule has 5 rings (SSSR count). The molecule has 0 saturated heterocycles. The second kappa shape index (κ2) is 6.55. The SMILES string of the molecule is Cn1ncc2cccc(S(=O)(=O)C[C@H]3C[C@@H](N(C)c4ncnc5[nH]ccc45)C3)c21. The van der Waals surface area contributed by atoms with E-state index in [4.69, 9.17) is 0 Å². The highest BCUT2D eigenvalue weighted by atomic mass is 32.2. The number of fused-ring (bicyclic) bond motifs is 2. The number of anilines is 1. The molecule has 0 spiro atoms. The summed E-state index contributed by atoms with van der Waals surface area (Å²) in [6.07, 6.45) is 6.76. The predicted molar refractivity (Wildman–Crippen MR) is 112 cm³/mol. The fourth-order valence-electron chi connectivity index (χ4n) is 4.31. The zero-order chi connectivity index (χ0) is 20.2. The van der Waals surface area contributed by atoms with Crippen LogP contribution in [-0.4, -0.2) is 52.0 Å². The molecule has 1 saturated carbocycles. The van der Waals surface area contributed by atoms with Crippen LogP contribution >= 0.6 is 0 Å². The highest BCUT2D eigenvalue weighted by Crippen LogP contribution is 2.37. The molecule has 4 aromatic rings. The average Bonchev–Trinajstić information content (AvgIpc) is 3.30. The van der Waals surface area contributed by atoms with E-state index in [1.165, 1.54) is 0 Å². The van der Waals surface area contributed by atoms with Crippen molar-refractivity contribution in [2.75, 3.05) is 17.7 Å². The Kier molecular flexibility index (Phi) is 4.09. The van der Waals surface area contributed by atoms with Crippen molar-refractivity contribution in [3.63, 3.8) is 0 Å². The Balaban J connectivity index is 1.32. The molecule has 0 bridgehead atoms. The van der Waals surface area contributed by atoms with Crippen molar-refractivity contribution in [1.82, 2.24) is 24.7 Å². The van der Waals surface area contributed by atoms with Crippen LogP contribution in [0.3, 0.4) is 0 Å². The van der Waals surface area contributed by atoms with Gasteiger partial charge in [-0.15, -0.1) is 0 Å². The molecule has 0 aliphatic heterocycles. The molecule has 29 heavy (non-hydrogen) atoms. The van der Waals surface area contributed by atoms with Gasteiger partial charge in [0.05, 0.1) is 27.7 Å². The van der Waals surface area contributed by atoms with Gasteiger partial charge in [0.2, 0.25) is 0 Å². The van der Waals surface area contributed by atoms with Crippen molar-refractivity contribution in [1.29, 1.82) is 0 Å². The lowest BCUT2D eigenvalue weighted by Crippen LogP contribution is -2.45. The first-order chi connectivity index (χ1) is 13.9. The number of sulfone groups is 1. The number of rotatable bonds is 5. The second-order valence-electron chi connectivity index (χ2n) is 7.78. The van der Waals surface area contributed by atoms with Gasteiger partial charge < -0.3 is 9.88 Å². The summed E-state index contributed by atoms with van der Waals surface area (Å²) in [4.78, 5) is 14.3. The van der Waals surface area contributed by atoms with E-state index >= 15 is 0 Å². The van der Waals surface area contributed by atoms with Gasteiger partial charge >= 0.3 is 0 Å². The van der Waals surface area contributed by atoms with E-state index < -0.39 is 9.84 Å². The van der Waals surface area contributed by atoms with Crippen molar-refractivity contribution in [2.24, 2.45) is 13.0 Å². The second-order valence-corrected chi connectivity index (χ2v) is 9.79. The number of H-pyrrole nitrogens is 1. The highest BCUT2D eigenvalue weighted by molar-refractivity contribution is 7.91. The Morgan fingerprint density at radius 2 is 2.07 bits per heavy atom. The van der Waals surface area contributed by atoms with E-state index in [9.17, 15) is 8.42 Å². The summed E-state index contributed by atoms with van der Waals surface area (Å²) < 4.78 is 27.8. The molecular formula is C20H22N6O2S. The van der Waals surface area contributed by atoms with Crippen molar-refractivity contribution in [3.8, 4) is 0 Å². The lowest BCUT2D eigenvalue weighted by molar-refractivity contribution is 0.282. The van der Waals surface area contributed by atoms with Gasteiger partial charge in [0, 0.05) is 31.7 Å². The van der Waals surface area contributed by atoms with Gasteiger partial charge in [-0.2, -0.15) is 5.10 Å². The maximum Gasteiger partial charge on any atom is 0.180 e. The number of aryl methyl sites for hydroxylation is 1. The molecule has 1 fully saturated rings. The van der Waals surface area contributed by atoms with Crippen molar-refractivity contribution >= 4 is 37.6 Å². The number of aromatic amines is 1. The summed E-state index contributed by atoms with van der Waals surface area (Å²) >= 11 is 0. The maximum absolute atomic E-state index is 13.1. The molecule has 0 amide bonds. The van der Waals surface area contributed by atoms with Gasteiger partial charge in [-0.05, 0) is 30.9 Å². The van der Waals surface area contributed by atoms with E-state index in [2.05, 4.69) is 25.0 Å². The number of benzene rings is 1. The molecule has 1 aliphatic carbocycles. The molecule has 3 heterocycles. The summed E-state index contributed by atoms with van der Waals surface area (Å²) in [5.74, 6) is 1.17. The number of nitrogens with zero attached hydrogens (tertiary/aromatic N) is 5. The number of hydrogen-bond acceptors (Lipinski definition) is 6. The molecule has 8 nitrogen and oxygen atoms in total. The van der Waals surface area contributed by atoms with E-state index in [1.807, 2.05) is 25.4 Å². The first-order valence-corrected chi connectivity index (χ1v) is 11.2. The van der Waals surface area contributed by atoms with Crippen molar-refractivity contribution in [3.05, 3.63) is 43.0 Å². The predicted octanol–water partition coefficient (Wildman–Crippen LogP) is 2.53. The van der Waals surface area contributed by atoms with Crippen molar-refractivity contribution in [2.45, 2.75) is 23.8 Å². The number of aromatic nitrogens is 5. The maximum atomic E-state index is 13.1. The normalized spacial score (nSPS) is 19.5. The first kappa shape index (κ1) is 18.1. The number of hydrogen-bond donors (Lipinski definition) is 1. The van der Waals surface area contributed by atoms with Crippen LogP contribution in [0.1, 0.15) is 12.8 Å². The topological polar surface area (TPSA) is 96.8 Å². The Bertz CT molecular complexity index is 1300. The number of nitrogens with one attached hydrogen (secondary N) is 1. The molecule has 1 aromatic carbocycles. The Labute approximate surface area is 168 Å². The third-order valence-electron chi connectivity index (χ3n) is 5.94. The lowest BCUT2D eigenvalue weighted by atomic mass is 9.81. The van der Waals surface area contributed by atoms with E-state index in [0.717, 1.165) is 35.1 Å². The average molecular weight is 411 g/mol. The molecule has 9 heteroatoms. The summed E-state index contributed by atoms with van der Waals surface area (Å²) in [7, 11) is 0.403. The van der Waals surface area contributed by atoms with Gasteiger partial charge in [0.25, 0.3) is 0 Å². The largest absolute Gasteiger partial charge is 0.356 e. The van der Waals surface area contributed by atoms with E-state index in [-0.39, 0.29) is 17.7 Å². The van der Waals surface area contributed by atoms with Gasteiger partial charge in [-0.1, -0.05) is 12.1 Å². The molecule has 1 N–H and O–H groups in total. The number of para-hydroxylation sites is 1. The van der Waals surface area contributed by atoms with Gasteiger partial charge in [-0.25, -0.2) is 18.4 Å². The molecular weight excluding hydrogens is 388 g/mol. The molecule has 0 radical (unpaired) electrons. The van der Waals surface area contributed by atoms with Gasteiger partial charge in [-0.3, -0.25) is 4.68 Å². The standard InChI is InChI=1S/C20H22N6O2S/c1-25(20-16-6-7-21-19(16)22-12-23-20)15-8-13(9-15)11-29(27,28)17-5-3-4-14-10-24-26(2)18(14)17/h3-7,10,12-13,15H,8-9,11H2,1-2H3,(H,21,22,23)/t13-,15+. The smallest absolute Gasteiger partial charge is 0.180 e. The first-order valence-electron chi connectivity index (χ1n) is 9.58. The van der Waals surface area contributed by atoms with E-state index in [1.54, 1.807) is 36.4 Å². The van der Waals surface area contributed by atoms with E-state index in [0.29, 0.717) is 10.4 Å². The molecule has 1 aliphatic rings. The third kappa shape index (κ3) is 2.96. The molecule has 3 aromatic heterocycles. The fraction of sp³-hybridized carbons (Fsp3) is 0.350. The fourth-order valence-corrected chi connectivity index (χ4v) is 6.22. The zero-order valence-electron chi connectivity index (χ0n) is 16.3. The van der Waals surface area contributed by atoms with Crippen LogP contribution in [-0.2, 0) is 16.9 Å². The molecule has 0 atom stereocenters.